The number of carbonyl (C=O) groups excluding carboxylic acids is 4. The normalized spacial score (nSPS) is 15.4. The van der Waals surface area contributed by atoms with Gasteiger partial charge in [0.25, 0.3) is 17.7 Å². The van der Waals surface area contributed by atoms with Gasteiger partial charge in [-0.2, -0.15) is 0 Å². The third-order valence-electron chi connectivity index (χ3n) is 6.60. The molecule has 44 heavy (non-hydrogen) atoms. The minimum absolute atomic E-state index is 0.0415. The first kappa shape index (κ1) is 29.0. The standard InChI is InChI=1S/C30H22FN5O6S2/c1-41-28(40)21-15-43-29(33-21)35-26(38)23-24(42-23)27(39)36(14-16-6-10-18(31)11-7-16)19-12-8-17(9-13-19)25(37)34-30-32-20-4-2-3-5-22(20)44-30/h2-13,15,23-24H,14H2,1H3,(H,32,34,37)(H,33,35,38)/t23-,24-/m0/s1. The fourth-order valence-corrected chi connectivity index (χ4v) is 5.86. The minimum atomic E-state index is -1.09. The number of nitrogens with zero attached hydrogens (tertiary/aromatic N) is 3. The lowest BCUT2D eigenvalue weighted by molar-refractivity contribution is -0.120. The summed E-state index contributed by atoms with van der Waals surface area (Å²) in [5.74, 6) is -2.54. The van der Waals surface area contributed by atoms with Crippen LogP contribution in [0.1, 0.15) is 26.4 Å². The van der Waals surface area contributed by atoms with Crippen LogP contribution in [0.3, 0.4) is 0 Å². The van der Waals surface area contributed by atoms with Crippen molar-refractivity contribution in [3.8, 4) is 0 Å². The number of fused-ring (bicyclic) bond motifs is 1. The number of ether oxygens (including phenoxy) is 2. The van der Waals surface area contributed by atoms with E-state index in [0.717, 1.165) is 21.6 Å². The highest BCUT2D eigenvalue weighted by Crippen LogP contribution is 2.31. The summed E-state index contributed by atoms with van der Waals surface area (Å²) in [5, 5.41) is 7.39. The Morgan fingerprint density at radius 3 is 2.41 bits per heavy atom. The summed E-state index contributed by atoms with van der Waals surface area (Å²) < 4.78 is 24.6. The number of epoxide rings is 1. The number of hydrogen-bond donors (Lipinski definition) is 2. The Morgan fingerprint density at radius 2 is 1.68 bits per heavy atom. The molecule has 1 fully saturated rings. The van der Waals surface area contributed by atoms with E-state index in [9.17, 15) is 23.6 Å². The van der Waals surface area contributed by atoms with Gasteiger partial charge in [-0.3, -0.25) is 25.0 Å². The maximum absolute atomic E-state index is 13.6. The second kappa shape index (κ2) is 12.3. The number of thiazole rings is 2. The molecule has 0 spiro atoms. The molecule has 3 heterocycles. The minimum Gasteiger partial charge on any atom is -0.464 e. The van der Waals surface area contributed by atoms with Gasteiger partial charge in [-0.1, -0.05) is 35.6 Å². The van der Waals surface area contributed by atoms with E-state index in [-0.39, 0.29) is 23.3 Å². The molecule has 3 amide bonds. The number of benzene rings is 3. The fourth-order valence-electron chi connectivity index (χ4n) is 4.32. The molecule has 0 unspecified atom stereocenters. The molecule has 1 aliphatic heterocycles. The Hall–Kier alpha value is -5.05. The Morgan fingerprint density at radius 1 is 0.932 bits per heavy atom. The summed E-state index contributed by atoms with van der Waals surface area (Å²) in [6, 6.07) is 19.6. The highest BCUT2D eigenvalue weighted by atomic mass is 32.1. The van der Waals surface area contributed by atoms with Crippen LogP contribution in [0.25, 0.3) is 10.2 Å². The first-order chi connectivity index (χ1) is 21.3. The first-order valence-corrected chi connectivity index (χ1v) is 14.8. The molecule has 2 N–H and O–H groups in total. The smallest absolute Gasteiger partial charge is 0.357 e. The van der Waals surface area contributed by atoms with Crippen molar-refractivity contribution < 1.29 is 33.0 Å². The monoisotopic (exact) mass is 631 g/mol. The number of halogens is 1. The van der Waals surface area contributed by atoms with Crippen LogP contribution in [0.5, 0.6) is 0 Å². The maximum Gasteiger partial charge on any atom is 0.357 e. The van der Waals surface area contributed by atoms with E-state index >= 15 is 0 Å². The lowest BCUT2D eigenvalue weighted by Gasteiger charge is -2.23. The molecule has 6 rings (SSSR count). The van der Waals surface area contributed by atoms with E-state index in [1.54, 1.807) is 36.4 Å². The molecule has 0 radical (unpaired) electrons. The highest BCUT2D eigenvalue weighted by Gasteiger charge is 2.52. The first-order valence-electron chi connectivity index (χ1n) is 13.1. The van der Waals surface area contributed by atoms with Gasteiger partial charge in [0.05, 0.1) is 23.9 Å². The van der Waals surface area contributed by atoms with Crippen molar-refractivity contribution in [2.24, 2.45) is 0 Å². The van der Waals surface area contributed by atoms with Crippen molar-refractivity contribution >= 4 is 72.5 Å². The number of nitrogens with one attached hydrogen (secondary N) is 2. The van der Waals surface area contributed by atoms with E-state index < -0.39 is 35.8 Å². The van der Waals surface area contributed by atoms with Crippen molar-refractivity contribution in [1.82, 2.24) is 9.97 Å². The molecule has 222 valence electrons. The van der Waals surface area contributed by atoms with Crippen molar-refractivity contribution in [2.45, 2.75) is 18.8 Å². The lowest BCUT2D eigenvalue weighted by Crippen LogP contribution is -2.36. The molecule has 11 nitrogen and oxygen atoms in total. The average Bonchev–Trinajstić information content (AvgIpc) is 3.53. The Kier molecular flexibility index (Phi) is 8.11. The number of rotatable bonds is 9. The molecule has 1 aliphatic rings. The number of aromatic nitrogens is 2. The molecule has 0 bridgehead atoms. The average molecular weight is 632 g/mol. The summed E-state index contributed by atoms with van der Waals surface area (Å²) in [6.07, 6.45) is -2.17. The summed E-state index contributed by atoms with van der Waals surface area (Å²) in [7, 11) is 1.22. The molecule has 2 aromatic heterocycles. The van der Waals surface area contributed by atoms with Crippen molar-refractivity contribution in [3.63, 3.8) is 0 Å². The van der Waals surface area contributed by atoms with Gasteiger partial charge in [0.15, 0.2) is 28.2 Å². The third-order valence-corrected chi connectivity index (χ3v) is 8.31. The number of anilines is 3. The zero-order valence-corrected chi connectivity index (χ0v) is 24.5. The Labute approximate surface area is 257 Å². The predicted molar refractivity (Wildman–Crippen MR) is 162 cm³/mol. The van der Waals surface area contributed by atoms with Gasteiger partial charge in [0.1, 0.15) is 5.82 Å². The molecule has 3 aromatic carbocycles. The van der Waals surface area contributed by atoms with Gasteiger partial charge in [-0.25, -0.2) is 19.2 Å². The predicted octanol–water partition coefficient (Wildman–Crippen LogP) is 4.87. The van der Waals surface area contributed by atoms with Crippen LogP contribution in [0.2, 0.25) is 0 Å². The van der Waals surface area contributed by atoms with Gasteiger partial charge in [-0.05, 0) is 54.1 Å². The zero-order chi connectivity index (χ0) is 30.8. The van der Waals surface area contributed by atoms with Crippen LogP contribution < -0.4 is 15.5 Å². The van der Waals surface area contributed by atoms with Crippen LogP contribution in [0, 0.1) is 5.82 Å². The second-order valence-corrected chi connectivity index (χ2v) is 11.4. The van der Waals surface area contributed by atoms with Crippen LogP contribution >= 0.6 is 22.7 Å². The maximum atomic E-state index is 13.6. The van der Waals surface area contributed by atoms with Gasteiger partial charge in [0, 0.05) is 16.6 Å². The van der Waals surface area contributed by atoms with Crippen LogP contribution in [-0.2, 0) is 25.6 Å². The van der Waals surface area contributed by atoms with Crippen molar-refractivity contribution in [2.75, 3.05) is 22.6 Å². The van der Waals surface area contributed by atoms with E-state index in [1.165, 1.54) is 40.9 Å². The molecule has 1 saturated heterocycles. The number of para-hydroxylation sites is 1. The topological polar surface area (TPSA) is 143 Å². The number of carbonyl (C=O) groups is 4. The van der Waals surface area contributed by atoms with Crippen LogP contribution in [-0.4, -0.2) is 53.0 Å². The molecule has 14 heteroatoms. The van der Waals surface area contributed by atoms with Gasteiger partial charge < -0.3 is 14.4 Å². The molecule has 0 aliphatic carbocycles. The van der Waals surface area contributed by atoms with Gasteiger partial charge in [-0.15, -0.1) is 11.3 Å². The van der Waals surface area contributed by atoms with Gasteiger partial charge >= 0.3 is 5.97 Å². The summed E-state index contributed by atoms with van der Waals surface area (Å²) in [5.41, 5.74) is 2.24. The summed E-state index contributed by atoms with van der Waals surface area (Å²) >= 11 is 2.38. The molecular weight excluding hydrogens is 609 g/mol. The van der Waals surface area contributed by atoms with E-state index in [2.05, 4.69) is 25.3 Å². The zero-order valence-electron chi connectivity index (χ0n) is 22.9. The lowest BCUT2D eigenvalue weighted by atomic mass is 10.1. The SMILES string of the molecule is COC(=O)c1csc(NC(=O)[C@H]2O[C@@H]2C(=O)N(Cc2ccc(F)cc2)c2ccc(C(=O)Nc3nc4ccccc4s3)cc2)n1. The molecule has 0 saturated carbocycles. The quantitative estimate of drug-likeness (QED) is 0.173. The third kappa shape index (κ3) is 6.32. The summed E-state index contributed by atoms with van der Waals surface area (Å²) in [4.78, 5) is 60.8. The van der Waals surface area contributed by atoms with E-state index in [1.807, 2.05) is 24.3 Å². The van der Waals surface area contributed by atoms with Crippen molar-refractivity contribution in [3.05, 3.63) is 101 Å². The second-order valence-electron chi connectivity index (χ2n) is 9.53. The number of amides is 3. The van der Waals surface area contributed by atoms with Crippen molar-refractivity contribution in [1.29, 1.82) is 0 Å². The highest BCUT2D eigenvalue weighted by molar-refractivity contribution is 7.22. The Bertz CT molecular complexity index is 1840. The van der Waals surface area contributed by atoms with Crippen LogP contribution in [0.15, 0.2) is 78.2 Å². The van der Waals surface area contributed by atoms with Gasteiger partial charge in [0.2, 0.25) is 0 Å². The molecular formula is C30H22FN5O6S2. The molecule has 2 atom stereocenters. The largest absolute Gasteiger partial charge is 0.464 e. The van der Waals surface area contributed by atoms with E-state index in [0.29, 0.717) is 21.9 Å². The Balaban J connectivity index is 1.16. The van der Waals surface area contributed by atoms with Crippen LogP contribution in [0.4, 0.5) is 20.3 Å². The summed E-state index contributed by atoms with van der Waals surface area (Å²) in [6.45, 7) is 0.0551. The molecule has 5 aromatic rings. The number of methoxy groups -OCH3 is 1. The fraction of sp³-hybridized carbons (Fsp3) is 0.133. The van der Waals surface area contributed by atoms with E-state index in [4.69, 9.17) is 4.74 Å². The number of esters is 1. The number of hydrogen-bond acceptors (Lipinski definition) is 10.